The first kappa shape index (κ1) is 14.6. The second kappa shape index (κ2) is 7.10. The van der Waals surface area contributed by atoms with Gasteiger partial charge in [-0.3, -0.25) is 4.90 Å². The van der Waals surface area contributed by atoms with Gasteiger partial charge in [0.25, 0.3) is 0 Å². The van der Waals surface area contributed by atoms with Crippen LogP contribution in [0.3, 0.4) is 0 Å². The van der Waals surface area contributed by atoms with E-state index in [9.17, 15) is 0 Å². The molecule has 1 N–H and O–H groups in total. The molecule has 0 fully saturated rings. The first-order chi connectivity index (χ1) is 9.69. The molecular weight excluding hydrogens is 250 g/mol. The van der Waals surface area contributed by atoms with E-state index in [4.69, 9.17) is 4.42 Å². The van der Waals surface area contributed by atoms with Gasteiger partial charge in [0.1, 0.15) is 17.3 Å². The van der Waals surface area contributed by atoms with Gasteiger partial charge in [0.15, 0.2) is 0 Å². The van der Waals surface area contributed by atoms with Crippen LogP contribution in [0.1, 0.15) is 30.4 Å². The van der Waals surface area contributed by atoms with E-state index >= 15 is 0 Å². The second-order valence-electron chi connectivity index (χ2n) is 5.12. The predicted octanol–water partition coefficient (Wildman–Crippen LogP) is 3.44. The molecule has 0 spiro atoms. The molecule has 0 bridgehead atoms. The van der Waals surface area contributed by atoms with Gasteiger partial charge in [0.05, 0.1) is 6.54 Å². The van der Waals surface area contributed by atoms with Crippen LogP contribution in [0.5, 0.6) is 0 Å². The summed E-state index contributed by atoms with van der Waals surface area (Å²) < 4.78 is 5.61. The number of nitrogens with zero attached hydrogens (tertiary/aromatic N) is 2. The van der Waals surface area contributed by atoms with Crippen molar-refractivity contribution in [1.29, 1.82) is 0 Å². The monoisotopic (exact) mass is 273 g/mol. The fourth-order valence-corrected chi connectivity index (χ4v) is 2.15. The smallest absolute Gasteiger partial charge is 0.130 e. The molecule has 0 unspecified atom stereocenters. The standard InChI is InChI=1S/C16H23N3O/c1-4-9-17-16-14(6-5-10-18-16)11-19(3)12-15-8-7-13(2)20-15/h5-8,10H,4,9,11-12H2,1-3H3,(H,17,18). The Morgan fingerprint density at radius 3 is 2.80 bits per heavy atom. The number of pyridine rings is 1. The zero-order chi connectivity index (χ0) is 14.4. The minimum atomic E-state index is 0.802. The first-order valence-corrected chi connectivity index (χ1v) is 7.10. The minimum absolute atomic E-state index is 0.802. The van der Waals surface area contributed by atoms with Crippen LogP contribution in [0.25, 0.3) is 0 Å². The van der Waals surface area contributed by atoms with Gasteiger partial charge in [-0.05, 0) is 38.6 Å². The van der Waals surface area contributed by atoms with Crippen LogP contribution >= 0.6 is 0 Å². The fourth-order valence-electron chi connectivity index (χ4n) is 2.15. The summed E-state index contributed by atoms with van der Waals surface area (Å²) in [6.45, 7) is 6.72. The molecule has 0 atom stereocenters. The minimum Gasteiger partial charge on any atom is -0.465 e. The van der Waals surface area contributed by atoms with Gasteiger partial charge in [-0.1, -0.05) is 13.0 Å². The van der Waals surface area contributed by atoms with E-state index in [2.05, 4.69) is 35.2 Å². The number of furan rings is 1. The van der Waals surface area contributed by atoms with Crippen molar-refractivity contribution in [3.05, 3.63) is 47.5 Å². The largest absolute Gasteiger partial charge is 0.465 e. The van der Waals surface area contributed by atoms with Gasteiger partial charge in [0, 0.05) is 24.8 Å². The van der Waals surface area contributed by atoms with E-state index in [0.717, 1.165) is 43.4 Å². The average Bonchev–Trinajstić information content (AvgIpc) is 2.83. The molecule has 0 saturated heterocycles. The summed E-state index contributed by atoms with van der Waals surface area (Å²) in [5, 5.41) is 3.38. The van der Waals surface area contributed by atoms with Crippen LogP contribution < -0.4 is 5.32 Å². The SMILES string of the molecule is CCCNc1ncccc1CN(C)Cc1ccc(C)o1. The van der Waals surface area contributed by atoms with Crippen LogP contribution in [0.15, 0.2) is 34.9 Å². The molecule has 4 nitrogen and oxygen atoms in total. The Labute approximate surface area is 120 Å². The molecule has 2 heterocycles. The van der Waals surface area contributed by atoms with E-state index in [1.807, 2.05) is 31.3 Å². The van der Waals surface area contributed by atoms with Gasteiger partial charge < -0.3 is 9.73 Å². The van der Waals surface area contributed by atoms with Gasteiger partial charge in [-0.2, -0.15) is 0 Å². The Bertz CT molecular complexity index is 536. The number of aromatic nitrogens is 1. The zero-order valence-electron chi connectivity index (χ0n) is 12.5. The van der Waals surface area contributed by atoms with E-state index in [1.165, 1.54) is 5.56 Å². The number of rotatable bonds is 7. The maximum absolute atomic E-state index is 5.61. The third kappa shape index (κ3) is 4.10. The number of anilines is 1. The molecule has 0 aliphatic carbocycles. The first-order valence-electron chi connectivity index (χ1n) is 7.10. The van der Waals surface area contributed by atoms with Crippen molar-refractivity contribution in [2.45, 2.75) is 33.4 Å². The summed E-state index contributed by atoms with van der Waals surface area (Å²) >= 11 is 0. The molecule has 108 valence electrons. The summed E-state index contributed by atoms with van der Waals surface area (Å²) in [5.41, 5.74) is 1.21. The van der Waals surface area contributed by atoms with Crippen molar-refractivity contribution in [3.63, 3.8) is 0 Å². The highest BCUT2D eigenvalue weighted by molar-refractivity contribution is 5.43. The number of nitrogens with one attached hydrogen (secondary N) is 1. The van der Waals surface area contributed by atoms with Gasteiger partial charge >= 0.3 is 0 Å². The Balaban J connectivity index is 1.98. The molecule has 0 aromatic carbocycles. The van der Waals surface area contributed by atoms with Crippen molar-refractivity contribution in [2.24, 2.45) is 0 Å². The molecule has 2 rings (SSSR count). The highest BCUT2D eigenvalue weighted by Gasteiger charge is 2.08. The molecule has 4 heteroatoms. The van der Waals surface area contributed by atoms with E-state index in [1.54, 1.807) is 0 Å². The maximum Gasteiger partial charge on any atom is 0.130 e. The highest BCUT2D eigenvalue weighted by atomic mass is 16.3. The van der Waals surface area contributed by atoms with E-state index in [-0.39, 0.29) is 0 Å². The average molecular weight is 273 g/mol. The molecule has 2 aromatic heterocycles. The summed E-state index contributed by atoms with van der Waals surface area (Å²) in [6.07, 6.45) is 2.93. The normalized spacial score (nSPS) is 11.0. The third-order valence-corrected chi connectivity index (χ3v) is 3.10. The lowest BCUT2D eigenvalue weighted by Crippen LogP contribution is -2.18. The quantitative estimate of drug-likeness (QED) is 0.839. The number of hydrogen-bond acceptors (Lipinski definition) is 4. The van der Waals surface area contributed by atoms with Crippen LogP contribution in [0.4, 0.5) is 5.82 Å². The molecule has 0 aliphatic rings. The Morgan fingerprint density at radius 1 is 1.25 bits per heavy atom. The van der Waals surface area contributed by atoms with Crippen LogP contribution in [0.2, 0.25) is 0 Å². The van der Waals surface area contributed by atoms with E-state index in [0.29, 0.717) is 0 Å². The molecule has 0 aliphatic heterocycles. The summed E-state index contributed by atoms with van der Waals surface area (Å²) in [4.78, 5) is 6.65. The van der Waals surface area contributed by atoms with Gasteiger partial charge in [0.2, 0.25) is 0 Å². The lowest BCUT2D eigenvalue weighted by molar-refractivity contribution is 0.285. The van der Waals surface area contributed by atoms with Crippen LogP contribution in [0, 0.1) is 6.92 Å². The highest BCUT2D eigenvalue weighted by Crippen LogP contribution is 2.16. The molecule has 0 radical (unpaired) electrons. The van der Waals surface area contributed by atoms with Crippen molar-refractivity contribution in [2.75, 3.05) is 18.9 Å². The Hall–Kier alpha value is -1.81. The fraction of sp³-hybridized carbons (Fsp3) is 0.438. The van der Waals surface area contributed by atoms with Crippen LogP contribution in [-0.4, -0.2) is 23.5 Å². The summed E-state index contributed by atoms with van der Waals surface area (Å²) in [5.74, 6) is 2.94. The number of aryl methyl sites for hydroxylation is 1. The Morgan fingerprint density at radius 2 is 2.10 bits per heavy atom. The van der Waals surface area contributed by atoms with Crippen molar-refractivity contribution in [1.82, 2.24) is 9.88 Å². The van der Waals surface area contributed by atoms with Crippen LogP contribution in [-0.2, 0) is 13.1 Å². The van der Waals surface area contributed by atoms with Crippen molar-refractivity contribution < 1.29 is 4.42 Å². The lowest BCUT2D eigenvalue weighted by Gasteiger charge is -2.17. The summed E-state index contributed by atoms with van der Waals surface area (Å²) in [6, 6.07) is 8.14. The third-order valence-electron chi connectivity index (χ3n) is 3.10. The molecule has 0 saturated carbocycles. The van der Waals surface area contributed by atoms with Gasteiger partial charge in [-0.15, -0.1) is 0 Å². The predicted molar refractivity (Wildman–Crippen MR) is 81.6 cm³/mol. The van der Waals surface area contributed by atoms with Crippen molar-refractivity contribution >= 4 is 5.82 Å². The lowest BCUT2D eigenvalue weighted by atomic mass is 10.2. The Kier molecular flexibility index (Phi) is 5.18. The van der Waals surface area contributed by atoms with Gasteiger partial charge in [-0.25, -0.2) is 4.98 Å². The zero-order valence-corrected chi connectivity index (χ0v) is 12.5. The maximum atomic E-state index is 5.61. The molecule has 0 amide bonds. The number of hydrogen-bond donors (Lipinski definition) is 1. The molecular formula is C16H23N3O. The molecule has 2 aromatic rings. The van der Waals surface area contributed by atoms with Crippen molar-refractivity contribution in [3.8, 4) is 0 Å². The topological polar surface area (TPSA) is 41.3 Å². The summed E-state index contributed by atoms with van der Waals surface area (Å²) in [7, 11) is 2.09. The molecule has 20 heavy (non-hydrogen) atoms. The van der Waals surface area contributed by atoms with E-state index < -0.39 is 0 Å². The second-order valence-corrected chi connectivity index (χ2v) is 5.12.